The molecule has 3 aromatic carbocycles. The third kappa shape index (κ3) is 4.63. The van der Waals surface area contributed by atoms with Crippen LogP contribution in [-0.4, -0.2) is 12.0 Å². The Kier molecular flexibility index (Phi) is 5.90. The highest BCUT2D eigenvalue weighted by Gasteiger charge is 2.15. The van der Waals surface area contributed by atoms with Crippen LogP contribution in [0.15, 0.2) is 66.7 Å². The predicted molar refractivity (Wildman–Crippen MR) is 108 cm³/mol. The number of ether oxygens (including phenoxy) is 1. The summed E-state index contributed by atoms with van der Waals surface area (Å²) in [6.45, 7) is 3.95. The first-order chi connectivity index (χ1) is 12.7. The number of benzene rings is 3. The van der Waals surface area contributed by atoms with Gasteiger partial charge in [-0.15, -0.1) is 0 Å². The zero-order valence-corrected chi connectivity index (χ0v) is 15.4. The van der Waals surface area contributed by atoms with E-state index in [-0.39, 0.29) is 5.91 Å². The van der Waals surface area contributed by atoms with Crippen molar-refractivity contribution in [2.75, 3.05) is 5.32 Å². The number of carbonyl (C=O) groups excluding carboxylic acids is 1. The summed E-state index contributed by atoms with van der Waals surface area (Å²) in [5.74, 6) is 0.542. The fraction of sp³-hybridized carbons (Fsp3) is 0.261. The minimum atomic E-state index is -0.573. The van der Waals surface area contributed by atoms with Gasteiger partial charge in [0.1, 0.15) is 5.75 Å². The van der Waals surface area contributed by atoms with E-state index in [9.17, 15) is 4.79 Å². The van der Waals surface area contributed by atoms with Crippen molar-refractivity contribution >= 4 is 22.4 Å². The van der Waals surface area contributed by atoms with Gasteiger partial charge in [-0.25, -0.2) is 0 Å². The van der Waals surface area contributed by atoms with Gasteiger partial charge in [-0.05, 0) is 60.4 Å². The Labute approximate surface area is 155 Å². The van der Waals surface area contributed by atoms with Crippen LogP contribution in [0.3, 0.4) is 0 Å². The number of anilines is 1. The van der Waals surface area contributed by atoms with Gasteiger partial charge < -0.3 is 10.1 Å². The van der Waals surface area contributed by atoms with Crippen LogP contribution in [0.2, 0.25) is 0 Å². The minimum Gasteiger partial charge on any atom is -0.481 e. The molecule has 0 bridgehead atoms. The zero-order valence-electron chi connectivity index (χ0n) is 15.4. The first-order valence-electron chi connectivity index (χ1n) is 9.21. The number of unbranched alkanes of at least 4 members (excludes halogenated alkanes) is 1. The lowest BCUT2D eigenvalue weighted by Crippen LogP contribution is -2.30. The van der Waals surface area contributed by atoms with Crippen LogP contribution in [0, 0.1) is 0 Å². The molecule has 0 heterocycles. The number of hydrogen-bond donors (Lipinski definition) is 1. The SMILES string of the molecule is CCCCc1ccc(NC(=O)[C@@H](C)Oc2ccc3ccccc3c2)cc1. The molecule has 1 N–H and O–H groups in total. The molecule has 1 atom stereocenters. The molecule has 0 unspecified atom stereocenters. The van der Waals surface area contributed by atoms with Crippen LogP contribution in [0.4, 0.5) is 5.69 Å². The summed E-state index contributed by atoms with van der Waals surface area (Å²) in [5.41, 5.74) is 2.09. The fourth-order valence-corrected chi connectivity index (χ4v) is 2.88. The van der Waals surface area contributed by atoms with E-state index in [4.69, 9.17) is 4.74 Å². The molecule has 26 heavy (non-hydrogen) atoms. The van der Waals surface area contributed by atoms with Crippen LogP contribution in [0.5, 0.6) is 5.75 Å². The number of hydrogen-bond acceptors (Lipinski definition) is 2. The topological polar surface area (TPSA) is 38.3 Å². The first-order valence-corrected chi connectivity index (χ1v) is 9.21. The van der Waals surface area contributed by atoms with Crippen molar-refractivity contribution in [2.24, 2.45) is 0 Å². The van der Waals surface area contributed by atoms with E-state index >= 15 is 0 Å². The monoisotopic (exact) mass is 347 g/mol. The van der Waals surface area contributed by atoms with Gasteiger partial charge in [0, 0.05) is 5.69 Å². The van der Waals surface area contributed by atoms with Gasteiger partial charge in [0.2, 0.25) is 0 Å². The Balaban J connectivity index is 1.59. The highest BCUT2D eigenvalue weighted by Crippen LogP contribution is 2.22. The third-order valence-corrected chi connectivity index (χ3v) is 4.44. The van der Waals surface area contributed by atoms with Crippen LogP contribution in [0.25, 0.3) is 10.8 Å². The van der Waals surface area contributed by atoms with Crippen LogP contribution in [-0.2, 0) is 11.2 Å². The Bertz CT molecular complexity index is 871. The second kappa shape index (κ2) is 8.52. The Morgan fingerprint density at radius 1 is 1.00 bits per heavy atom. The van der Waals surface area contributed by atoms with Crippen molar-refractivity contribution in [3.8, 4) is 5.75 Å². The van der Waals surface area contributed by atoms with Crippen LogP contribution >= 0.6 is 0 Å². The number of nitrogens with one attached hydrogen (secondary N) is 1. The molecule has 3 rings (SSSR count). The van der Waals surface area contributed by atoms with Gasteiger partial charge in [0.25, 0.3) is 5.91 Å². The highest BCUT2D eigenvalue weighted by atomic mass is 16.5. The zero-order chi connectivity index (χ0) is 18.4. The summed E-state index contributed by atoms with van der Waals surface area (Å²) in [4.78, 5) is 12.4. The molecule has 3 nitrogen and oxygen atoms in total. The quantitative estimate of drug-likeness (QED) is 0.605. The normalized spacial score (nSPS) is 11.9. The maximum Gasteiger partial charge on any atom is 0.265 e. The van der Waals surface area contributed by atoms with Crippen molar-refractivity contribution in [1.29, 1.82) is 0 Å². The van der Waals surface area contributed by atoms with Crippen molar-refractivity contribution in [1.82, 2.24) is 0 Å². The molecule has 0 aliphatic heterocycles. The lowest BCUT2D eigenvalue weighted by atomic mass is 10.1. The maximum absolute atomic E-state index is 12.4. The average Bonchev–Trinajstić information content (AvgIpc) is 2.67. The van der Waals surface area contributed by atoms with Gasteiger partial charge >= 0.3 is 0 Å². The van der Waals surface area contributed by atoms with Crippen LogP contribution in [0.1, 0.15) is 32.3 Å². The number of fused-ring (bicyclic) bond motifs is 1. The first kappa shape index (κ1) is 18.0. The minimum absolute atomic E-state index is 0.153. The average molecular weight is 347 g/mol. The van der Waals surface area contributed by atoms with E-state index in [2.05, 4.69) is 30.4 Å². The second-order valence-electron chi connectivity index (χ2n) is 6.56. The molecule has 0 fully saturated rings. The van der Waals surface area contributed by atoms with E-state index in [1.807, 2.05) is 48.5 Å². The second-order valence-corrected chi connectivity index (χ2v) is 6.56. The number of carbonyl (C=O) groups is 1. The van der Waals surface area contributed by atoms with E-state index in [1.54, 1.807) is 6.92 Å². The molecule has 0 aliphatic carbocycles. The standard InChI is InChI=1S/C23H25NO2/c1-3-4-7-18-10-13-21(14-11-18)24-23(25)17(2)26-22-15-12-19-8-5-6-9-20(19)16-22/h5-6,8-17H,3-4,7H2,1-2H3,(H,24,25)/t17-/m1/s1. The predicted octanol–water partition coefficient (Wildman–Crippen LogP) is 5.59. The molecule has 0 aliphatic rings. The Morgan fingerprint density at radius 2 is 1.73 bits per heavy atom. The summed E-state index contributed by atoms with van der Waals surface area (Å²) in [6.07, 6.45) is 2.87. The van der Waals surface area contributed by atoms with Crippen molar-refractivity contribution in [2.45, 2.75) is 39.2 Å². The third-order valence-electron chi connectivity index (χ3n) is 4.44. The molecule has 3 heteroatoms. The number of amides is 1. The van der Waals surface area contributed by atoms with E-state index in [1.165, 1.54) is 18.4 Å². The summed E-state index contributed by atoms with van der Waals surface area (Å²) in [6, 6.07) is 22.0. The number of rotatable bonds is 7. The van der Waals surface area contributed by atoms with Crippen molar-refractivity contribution < 1.29 is 9.53 Å². The fourth-order valence-electron chi connectivity index (χ4n) is 2.88. The summed E-state index contributed by atoms with van der Waals surface area (Å²) in [7, 11) is 0. The van der Waals surface area contributed by atoms with E-state index in [0.29, 0.717) is 5.75 Å². The molecule has 1 amide bonds. The molecular formula is C23H25NO2. The molecule has 0 aromatic heterocycles. The summed E-state index contributed by atoms with van der Waals surface area (Å²) < 4.78 is 5.82. The molecule has 0 saturated heterocycles. The molecule has 3 aromatic rings. The van der Waals surface area contributed by atoms with Gasteiger partial charge in [-0.3, -0.25) is 4.79 Å². The molecular weight excluding hydrogens is 322 g/mol. The van der Waals surface area contributed by atoms with Crippen molar-refractivity contribution in [3.63, 3.8) is 0 Å². The summed E-state index contributed by atoms with van der Waals surface area (Å²) in [5, 5.41) is 5.17. The summed E-state index contributed by atoms with van der Waals surface area (Å²) >= 11 is 0. The van der Waals surface area contributed by atoms with E-state index < -0.39 is 6.10 Å². The highest BCUT2D eigenvalue weighted by molar-refractivity contribution is 5.94. The molecule has 0 radical (unpaired) electrons. The maximum atomic E-state index is 12.4. The van der Waals surface area contributed by atoms with Gasteiger partial charge in [0.15, 0.2) is 6.10 Å². The van der Waals surface area contributed by atoms with Gasteiger partial charge in [-0.1, -0.05) is 55.8 Å². The molecule has 0 saturated carbocycles. The lowest BCUT2D eigenvalue weighted by molar-refractivity contribution is -0.122. The van der Waals surface area contributed by atoms with E-state index in [0.717, 1.165) is 22.9 Å². The molecule has 134 valence electrons. The number of aryl methyl sites for hydroxylation is 1. The van der Waals surface area contributed by atoms with Crippen LogP contribution < -0.4 is 10.1 Å². The Morgan fingerprint density at radius 3 is 2.46 bits per heavy atom. The van der Waals surface area contributed by atoms with Gasteiger partial charge in [0.05, 0.1) is 0 Å². The molecule has 0 spiro atoms. The van der Waals surface area contributed by atoms with Gasteiger partial charge in [-0.2, -0.15) is 0 Å². The van der Waals surface area contributed by atoms with Crippen molar-refractivity contribution in [3.05, 3.63) is 72.3 Å². The lowest BCUT2D eigenvalue weighted by Gasteiger charge is -2.15. The smallest absolute Gasteiger partial charge is 0.265 e. The largest absolute Gasteiger partial charge is 0.481 e. The Hall–Kier alpha value is -2.81.